The largest absolute Gasteiger partial charge is 0.469 e. The SMILES string of the molecule is COC(=O)C[C@H](C(=O)OC)[C@@H](OC=O)C(=O)OC. The van der Waals surface area contributed by atoms with E-state index in [1.165, 1.54) is 0 Å². The topological polar surface area (TPSA) is 105 Å². The Morgan fingerprint density at radius 2 is 1.56 bits per heavy atom. The zero-order valence-corrected chi connectivity index (χ0v) is 10.2. The van der Waals surface area contributed by atoms with E-state index in [0.29, 0.717) is 0 Å². The van der Waals surface area contributed by atoms with Crippen LogP contribution < -0.4 is 0 Å². The second kappa shape index (κ2) is 8.04. The maximum atomic E-state index is 11.5. The quantitative estimate of drug-likeness (QED) is 0.328. The van der Waals surface area contributed by atoms with Crippen molar-refractivity contribution in [2.45, 2.75) is 12.5 Å². The molecule has 0 aromatic rings. The van der Waals surface area contributed by atoms with Gasteiger partial charge in [-0.3, -0.25) is 14.4 Å². The number of hydrogen-bond acceptors (Lipinski definition) is 8. The van der Waals surface area contributed by atoms with Gasteiger partial charge < -0.3 is 18.9 Å². The smallest absolute Gasteiger partial charge is 0.348 e. The lowest BCUT2D eigenvalue weighted by Gasteiger charge is -2.20. The number of ether oxygens (including phenoxy) is 4. The Labute approximate surface area is 103 Å². The summed E-state index contributed by atoms with van der Waals surface area (Å²) in [6, 6.07) is 0. The molecule has 0 saturated carbocycles. The van der Waals surface area contributed by atoms with Crippen LogP contribution in [0.15, 0.2) is 0 Å². The summed E-state index contributed by atoms with van der Waals surface area (Å²) < 4.78 is 17.6. The van der Waals surface area contributed by atoms with Crippen molar-refractivity contribution >= 4 is 24.4 Å². The number of hydrogen-bond donors (Lipinski definition) is 0. The van der Waals surface area contributed by atoms with Gasteiger partial charge in [-0.05, 0) is 0 Å². The first-order chi connectivity index (χ1) is 8.51. The fourth-order valence-electron chi connectivity index (χ4n) is 1.22. The molecule has 0 spiro atoms. The van der Waals surface area contributed by atoms with E-state index in [-0.39, 0.29) is 6.47 Å². The summed E-state index contributed by atoms with van der Waals surface area (Å²) >= 11 is 0. The van der Waals surface area contributed by atoms with Crippen LogP contribution in [-0.4, -0.2) is 51.8 Å². The summed E-state index contributed by atoms with van der Waals surface area (Å²) in [5, 5.41) is 0. The molecule has 0 N–H and O–H groups in total. The third kappa shape index (κ3) is 4.40. The highest BCUT2D eigenvalue weighted by Gasteiger charge is 2.39. The van der Waals surface area contributed by atoms with Crippen LogP contribution in [0.4, 0.5) is 0 Å². The predicted molar refractivity (Wildman–Crippen MR) is 55.1 cm³/mol. The first kappa shape index (κ1) is 15.9. The Bertz CT molecular complexity index is 324. The van der Waals surface area contributed by atoms with Crippen molar-refractivity contribution in [2.75, 3.05) is 21.3 Å². The summed E-state index contributed by atoms with van der Waals surface area (Å²) in [5.74, 6) is -3.94. The number of methoxy groups -OCH3 is 3. The van der Waals surface area contributed by atoms with Gasteiger partial charge in [0.2, 0.25) is 6.10 Å². The van der Waals surface area contributed by atoms with Crippen LogP contribution in [0.1, 0.15) is 6.42 Å². The fourth-order valence-corrected chi connectivity index (χ4v) is 1.22. The van der Waals surface area contributed by atoms with Crippen molar-refractivity contribution in [1.82, 2.24) is 0 Å². The maximum absolute atomic E-state index is 11.5. The van der Waals surface area contributed by atoms with Gasteiger partial charge in [0.1, 0.15) is 5.92 Å². The summed E-state index contributed by atoms with van der Waals surface area (Å²) in [5.41, 5.74) is 0. The van der Waals surface area contributed by atoms with Gasteiger partial charge in [-0.15, -0.1) is 0 Å². The molecule has 0 aliphatic heterocycles. The Morgan fingerprint density at radius 3 is 1.94 bits per heavy atom. The molecular formula is C10H14O8. The van der Waals surface area contributed by atoms with Gasteiger partial charge in [-0.25, -0.2) is 4.79 Å². The molecule has 0 bridgehead atoms. The minimum absolute atomic E-state index is 0.0190. The number of carbonyl (C=O) groups excluding carboxylic acids is 4. The third-order valence-electron chi connectivity index (χ3n) is 2.12. The second-order valence-corrected chi connectivity index (χ2v) is 3.09. The molecule has 2 atom stereocenters. The Balaban J connectivity index is 5.08. The standard InChI is InChI=1S/C10H14O8/c1-15-7(12)4-6(9(13)16-2)8(18-5-11)10(14)17-3/h5-6,8H,4H2,1-3H3/t6-,8+/m0/s1. The molecule has 0 radical (unpaired) electrons. The van der Waals surface area contributed by atoms with E-state index in [2.05, 4.69) is 18.9 Å². The highest BCUT2D eigenvalue weighted by atomic mass is 16.6. The van der Waals surface area contributed by atoms with Gasteiger partial charge in [-0.2, -0.15) is 0 Å². The Kier molecular flexibility index (Phi) is 7.10. The van der Waals surface area contributed by atoms with Crippen molar-refractivity contribution in [2.24, 2.45) is 5.92 Å². The van der Waals surface area contributed by atoms with Crippen LogP contribution in [0.3, 0.4) is 0 Å². The molecule has 8 heteroatoms. The van der Waals surface area contributed by atoms with Gasteiger partial charge in [0, 0.05) is 0 Å². The number of carbonyl (C=O) groups is 4. The average molecular weight is 262 g/mol. The van der Waals surface area contributed by atoms with E-state index in [9.17, 15) is 19.2 Å². The average Bonchev–Trinajstić information content (AvgIpc) is 2.40. The molecule has 0 aliphatic rings. The van der Waals surface area contributed by atoms with E-state index in [1.54, 1.807) is 0 Å². The van der Waals surface area contributed by atoms with E-state index in [1.807, 2.05) is 0 Å². The minimum atomic E-state index is -1.56. The minimum Gasteiger partial charge on any atom is -0.469 e. The second-order valence-electron chi connectivity index (χ2n) is 3.09. The lowest BCUT2D eigenvalue weighted by molar-refractivity contribution is -0.172. The molecule has 18 heavy (non-hydrogen) atoms. The van der Waals surface area contributed by atoms with Gasteiger partial charge in [-0.1, -0.05) is 0 Å². The first-order valence-corrected chi connectivity index (χ1v) is 4.83. The Hall–Kier alpha value is -2.12. The lowest BCUT2D eigenvalue weighted by Crippen LogP contribution is -2.40. The predicted octanol–water partition coefficient (Wildman–Crippen LogP) is -0.947. The number of rotatable bonds is 7. The third-order valence-corrected chi connectivity index (χ3v) is 2.12. The van der Waals surface area contributed by atoms with E-state index >= 15 is 0 Å². The van der Waals surface area contributed by atoms with Gasteiger partial charge in [0.15, 0.2) is 0 Å². The van der Waals surface area contributed by atoms with Crippen molar-refractivity contribution < 1.29 is 38.1 Å². The van der Waals surface area contributed by atoms with Crippen molar-refractivity contribution in [3.63, 3.8) is 0 Å². The van der Waals surface area contributed by atoms with E-state index in [0.717, 1.165) is 21.3 Å². The van der Waals surface area contributed by atoms with Gasteiger partial charge in [0.05, 0.1) is 27.8 Å². The molecule has 102 valence electrons. The molecule has 0 unspecified atom stereocenters. The summed E-state index contributed by atoms with van der Waals surface area (Å²) in [7, 11) is 3.24. The summed E-state index contributed by atoms with van der Waals surface area (Å²) in [4.78, 5) is 44.3. The Morgan fingerprint density at radius 1 is 1.00 bits per heavy atom. The van der Waals surface area contributed by atoms with E-state index < -0.39 is 36.4 Å². The van der Waals surface area contributed by atoms with E-state index in [4.69, 9.17) is 0 Å². The van der Waals surface area contributed by atoms with Gasteiger partial charge in [0.25, 0.3) is 6.47 Å². The molecule has 0 rings (SSSR count). The summed E-state index contributed by atoms with van der Waals surface area (Å²) in [6.07, 6.45) is -2.03. The van der Waals surface area contributed by atoms with Crippen LogP contribution in [0.5, 0.6) is 0 Å². The monoisotopic (exact) mass is 262 g/mol. The molecule has 0 saturated heterocycles. The highest BCUT2D eigenvalue weighted by molar-refractivity contribution is 5.87. The molecule has 0 fully saturated rings. The van der Waals surface area contributed by atoms with Crippen LogP contribution in [-0.2, 0) is 38.1 Å². The molecule has 0 heterocycles. The van der Waals surface area contributed by atoms with Crippen molar-refractivity contribution in [3.05, 3.63) is 0 Å². The molecule has 0 aromatic carbocycles. The van der Waals surface area contributed by atoms with Crippen LogP contribution in [0.2, 0.25) is 0 Å². The molecule has 0 aliphatic carbocycles. The molecule has 8 nitrogen and oxygen atoms in total. The molecule has 0 amide bonds. The first-order valence-electron chi connectivity index (χ1n) is 4.83. The maximum Gasteiger partial charge on any atom is 0.348 e. The fraction of sp³-hybridized carbons (Fsp3) is 0.600. The lowest BCUT2D eigenvalue weighted by atomic mass is 9.98. The zero-order chi connectivity index (χ0) is 14.1. The normalized spacial score (nSPS) is 12.8. The molecule has 0 aromatic heterocycles. The molecular weight excluding hydrogens is 248 g/mol. The highest BCUT2D eigenvalue weighted by Crippen LogP contribution is 2.16. The summed E-state index contributed by atoms with van der Waals surface area (Å²) in [6.45, 7) is -0.0190. The van der Waals surface area contributed by atoms with Crippen LogP contribution in [0.25, 0.3) is 0 Å². The number of esters is 3. The van der Waals surface area contributed by atoms with Crippen molar-refractivity contribution in [3.8, 4) is 0 Å². The zero-order valence-electron chi connectivity index (χ0n) is 10.2. The van der Waals surface area contributed by atoms with Crippen molar-refractivity contribution in [1.29, 1.82) is 0 Å². The van der Waals surface area contributed by atoms with Crippen LogP contribution >= 0.6 is 0 Å². The van der Waals surface area contributed by atoms with Gasteiger partial charge >= 0.3 is 17.9 Å². The van der Waals surface area contributed by atoms with Crippen LogP contribution in [0, 0.1) is 5.92 Å².